The van der Waals surface area contributed by atoms with E-state index in [1.54, 1.807) is 49.6 Å². The Morgan fingerprint density at radius 3 is 2.52 bits per heavy atom. The minimum absolute atomic E-state index is 0.0492. The number of hydrogen-bond acceptors (Lipinski definition) is 2. The zero-order chi connectivity index (χ0) is 15.2. The molecule has 3 nitrogen and oxygen atoms in total. The Morgan fingerprint density at radius 1 is 1.14 bits per heavy atom. The largest absolute Gasteiger partial charge is 0.487 e. The van der Waals surface area contributed by atoms with E-state index < -0.39 is 12.3 Å². The quantitative estimate of drug-likeness (QED) is 0.819. The second-order valence-electron chi connectivity index (χ2n) is 4.83. The van der Waals surface area contributed by atoms with Crippen LogP contribution < -0.4 is 10.3 Å². The molecule has 0 saturated carbocycles. The maximum absolute atomic E-state index is 12.7. The summed E-state index contributed by atoms with van der Waals surface area (Å²) in [6.45, 7) is 0.0492. The Morgan fingerprint density at radius 2 is 1.86 bits per heavy atom. The van der Waals surface area contributed by atoms with E-state index in [-0.39, 0.29) is 24.3 Å². The van der Waals surface area contributed by atoms with Gasteiger partial charge < -0.3 is 9.30 Å². The number of rotatable bonds is 6. The number of benzene rings is 1. The molecule has 1 atom stereocenters. The van der Waals surface area contributed by atoms with Crippen molar-refractivity contribution in [1.82, 2.24) is 4.57 Å². The Bertz CT molecular complexity index is 626. The molecule has 0 aliphatic rings. The molecule has 0 radical (unpaired) electrons. The number of ether oxygens (including phenoxy) is 1. The summed E-state index contributed by atoms with van der Waals surface area (Å²) in [5.74, 6) is -0.272. The predicted molar refractivity (Wildman–Crippen MR) is 77.0 cm³/mol. The molecule has 21 heavy (non-hydrogen) atoms. The maximum atomic E-state index is 12.7. The number of hydrogen-bond donors (Lipinski definition) is 0. The third-order valence-electron chi connectivity index (χ3n) is 3.26. The highest BCUT2D eigenvalue weighted by atomic mass is 19.3. The summed E-state index contributed by atoms with van der Waals surface area (Å²) in [6.07, 6.45) is -1.10. The molecule has 5 heteroatoms. The lowest BCUT2D eigenvalue weighted by atomic mass is 9.97. The van der Waals surface area contributed by atoms with Crippen molar-refractivity contribution in [3.63, 3.8) is 0 Å². The van der Waals surface area contributed by atoms with Gasteiger partial charge in [-0.15, -0.1) is 0 Å². The van der Waals surface area contributed by atoms with Crippen molar-refractivity contribution >= 4 is 0 Å². The molecular formula is C16H17F2NO2. The second kappa shape index (κ2) is 7.02. The molecule has 1 heterocycles. The number of nitrogens with zero attached hydrogens (tertiary/aromatic N) is 1. The van der Waals surface area contributed by atoms with E-state index in [1.807, 2.05) is 6.07 Å². The molecule has 1 aromatic carbocycles. The number of aromatic nitrogens is 1. The smallest absolute Gasteiger partial charge is 0.292 e. The van der Waals surface area contributed by atoms with Crippen LogP contribution in [0.5, 0.6) is 5.75 Å². The van der Waals surface area contributed by atoms with Crippen LogP contribution in [0.25, 0.3) is 0 Å². The van der Waals surface area contributed by atoms with E-state index in [1.165, 1.54) is 4.57 Å². The van der Waals surface area contributed by atoms with E-state index >= 15 is 0 Å². The third kappa shape index (κ3) is 4.15. The molecule has 0 spiro atoms. The average molecular weight is 293 g/mol. The average Bonchev–Trinajstić information content (AvgIpc) is 2.48. The predicted octanol–water partition coefficient (Wildman–Crippen LogP) is 3.20. The van der Waals surface area contributed by atoms with Gasteiger partial charge in [0.25, 0.3) is 5.56 Å². The van der Waals surface area contributed by atoms with Crippen molar-refractivity contribution in [2.45, 2.75) is 18.8 Å². The van der Waals surface area contributed by atoms with Crippen LogP contribution in [0, 0.1) is 0 Å². The van der Waals surface area contributed by atoms with Gasteiger partial charge in [-0.2, -0.15) is 0 Å². The van der Waals surface area contributed by atoms with Gasteiger partial charge in [-0.1, -0.05) is 30.3 Å². The lowest BCUT2D eigenvalue weighted by molar-refractivity contribution is 0.116. The molecule has 2 rings (SSSR count). The van der Waals surface area contributed by atoms with Gasteiger partial charge in [0, 0.05) is 25.6 Å². The molecule has 112 valence electrons. The van der Waals surface area contributed by atoms with Gasteiger partial charge in [-0.25, -0.2) is 8.78 Å². The van der Waals surface area contributed by atoms with Crippen molar-refractivity contribution in [3.8, 4) is 5.75 Å². The molecular weight excluding hydrogens is 276 g/mol. The number of alkyl halides is 2. The van der Waals surface area contributed by atoms with Crippen molar-refractivity contribution in [3.05, 3.63) is 64.6 Å². The highest BCUT2D eigenvalue weighted by Gasteiger charge is 2.18. The van der Waals surface area contributed by atoms with Crippen molar-refractivity contribution in [2.24, 2.45) is 7.05 Å². The summed E-state index contributed by atoms with van der Waals surface area (Å²) in [7, 11) is 1.61. The van der Waals surface area contributed by atoms with Crippen LogP contribution in [0.3, 0.4) is 0 Å². The first kappa shape index (κ1) is 15.2. The molecule has 0 aliphatic carbocycles. The summed E-state index contributed by atoms with van der Waals surface area (Å²) >= 11 is 0. The zero-order valence-corrected chi connectivity index (χ0v) is 11.7. The Kier molecular flexibility index (Phi) is 5.09. The van der Waals surface area contributed by atoms with Crippen LogP contribution in [0.4, 0.5) is 8.78 Å². The Labute approximate surface area is 121 Å². The summed E-state index contributed by atoms with van der Waals surface area (Å²) < 4.78 is 32.3. The molecule has 0 bridgehead atoms. The Hall–Kier alpha value is -2.17. The van der Waals surface area contributed by atoms with E-state index in [9.17, 15) is 13.6 Å². The van der Waals surface area contributed by atoms with Gasteiger partial charge in [0.15, 0.2) is 5.75 Å². The van der Waals surface area contributed by atoms with Gasteiger partial charge >= 0.3 is 0 Å². The van der Waals surface area contributed by atoms with Gasteiger partial charge in [0.2, 0.25) is 6.43 Å². The molecule has 0 amide bonds. The Balaban J connectivity index is 2.13. The van der Waals surface area contributed by atoms with Crippen LogP contribution in [0.15, 0.2) is 53.5 Å². The summed E-state index contributed by atoms with van der Waals surface area (Å²) in [5.41, 5.74) is 0.506. The van der Waals surface area contributed by atoms with Gasteiger partial charge in [0.05, 0.1) is 6.61 Å². The second-order valence-corrected chi connectivity index (χ2v) is 4.83. The SMILES string of the molecule is Cn1cccc(OCC(CC(F)F)c2ccccc2)c1=O. The lowest BCUT2D eigenvalue weighted by Gasteiger charge is -2.17. The van der Waals surface area contributed by atoms with Crippen LogP contribution in [0.2, 0.25) is 0 Å². The van der Waals surface area contributed by atoms with E-state index in [0.29, 0.717) is 0 Å². The summed E-state index contributed by atoms with van der Waals surface area (Å²) in [6, 6.07) is 12.2. The van der Waals surface area contributed by atoms with Crippen LogP contribution in [-0.2, 0) is 7.05 Å². The number of aryl methyl sites for hydroxylation is 1. The standard InChI is InChI=1S/C16H17F2NO2/c1-19-9-5-8-14(16(19)20)21-11-13(10-15(17)18)12-6-3-2-4-7-12/h2-9,13,15H,10-11H2,1H3. The first-order chi connectivity index (χ1) is 10.1. The summed E-state index contributed by atoms with van der Waals surface area (Å²) in [4.78, 5) is 11.8. The van der Waals surface area contributed by atoms with Crippen molar-refractivity contribution in [1.29, 1.82) is 0 Å². The van der Waals surface area contributed by atoms with Gasteiger partial charge in [-0.05, 0) is 17.7 Å². The van der Waals surface area contributed by atoms with Crippen LogP contribution in [0.1, 0.15) is 17.9 Å². The fourth-order valence-electron chi connectivity index (χ4n) is 2.11. The first-order valence-electron chi connectivity index (χ1n) is 6.69. The van der Waals surface area contributed by atoms with Gasteiger partial charge in [0.1, 0.15) is 0 Å². The zero-order valence-electron chi connectivity index (χ0n) is 11.7. The van der Waals surface area contributed by atoms with E-state index in [2.05, 4.69) is 0 Å². The normalized spacial score (nSPS) is 12.4. The fourth-order valence-corrected chi connectivity index (χ4v) is 2.11. The molecule has 0 fully saturated rings. The van der Waals surface area contributed by atoms with E-state index in [0.717, 1.165) is 5.56 Å². The molecule has 1 aromatic heterocycles. The highest BCUT2D eigenvalue weighted by Crippen LogP contribution is 2.23. The van der Waals surface area contributed by atoms with Crippen molar-refractivity contribution in [2.75, 3.05) is 6.61 Å². The first-order valence-corrected chi connectivity index (χ1v) is 6.69. The van der Waals surface area contributed by atoms with Crippen LogP contribution >= 0.6 is 0 Å². The lowest BCUT2D eigenvalue weighted by Crippen LogP contribution is -2.21. The number of halogens is 2. The maximum Gasteiger partial charge on any atom is 0.292 e. The summed E-state index contributed by atoms with van der Waals surface area (Å²) in [5, 5.41) is 0. The minimum Gasteiger partial charge on any atom is -0.487 e. The molecule has 2 aromatic rings. The third-order valence-corrected chi connectivity index (χ3v) is 3.26. The molecule has 1 unspecified atom stereocenters. The molecule has 0 N–H and O–H groups in total. The monoisotopic (exact) mass is 293 g/mol. The highest BCUT2D eigenvalue weighted by molar-refractivity contribution is 5.21. The minimum atomic E-state index is -2.42. The fraction of sp³-hybridized carbons (Fsp3) is 0.312. The van der Waals surface area contributed by atoms with Crippen LogP contribution in [-0.4, -0.2) is 17.6 Å². The number of pyridine rings is 1. The molecule has 0 saturated heterocycles. The van der Waals surface area contributed by atoms with Crippen molar-refractivity contribution < 1.29 is 13.5 Å². The topological polar surface area (TPSA) is 31.2 Å². The van der Waals surface area contributed by atoms with E-state index in [4.69, 9.17) is 4.74 Å². The van der Waals surface area contributed by atoms with Gasteiger partial charge in [-0.3, -0.25) is 4.79 Å². The molecule has 0 aliphatic heterocycles.